The van der Waals surface area contributed by atoms with Crippen molar-refractivity contribution in [1.29, 1.82) is 0 Å². The number of hydrogen-bond donors (Lipinski definition) is 2. The summed E-state index contributed by atoms with van der Waals surface area (Å²) in [6, 6.07) is 21.0. The van der Waals surface area contributed by atoms with Crippen molar-refractivity contribution >= 4 is 32.9 Å². The summed E-state index contributed by atoms with van der Waals surface area (Å²) in [5, 5.41) is 3.20. The molecule has 0 atom stereocenters. The van der Waals surface area contributed by atoms with Gasteiger partial charge in [0.05, 0.1) is 4.90 Å². The van der Waals surface area contributed by atoms with E-state index in [9.17, 15) is 13.2 Å². The smallest absolute Gasteiger partial charge is 0.262 e. The molecule has 0 aliphatic rings. The zero-order valence-corrected chi connectivity index (χ0v) is 15.9. The third-order valence-electron chi connectivity index (χ3n) is 4.08. The lowest BCUT2D eigenvalue weighted by molar-refractivity contribution is 0.101. The molecule has 0 amide bonds. The van der Waals surface area contributed by atoms with E-state index in [2.05, 4.69) is 10.0 Å². The molecule has 0 saturated carbocycles. The number of aryl methyl sites for hydroxylation is 1. The Morgan fingerprint density at radius 1 is 0.815 bits per heavy atom. The van der Waals surface area contributed by atoms with Crippen LogP contribution in [0.3, 0.4) is 0 Å². The van der Waals surface area contributed by atoms with Crippen molar-refractivity contribution in [2.75, 3.05) is 10.0 Å². The van der Waals surface area contributed by atoms with Gasteiger partial charge >= 0.3 is 0 Å². The quantitative estimate of drug-likeness (QED) is 0.606. The maximum atomic E-state index is 12.5. The van der Waals surface area contributed by atoms with Crippen LogP contribution in [-0.2, 0) is 10.0 Å². The number of Topliss-reactive ketones (excluding diaryl/α,β-unsaturated/α-hetero) is 1. The molecule has 2 N–H and O–H groups in total. The highest BCUT2D eigenvalue weighted by molar-refractivity contribution is 7.92. The first kappa shape index (κ1) is 18.7. The van der Waals surface area contributed by atoms with Crippen molar-refractivity contribution in [3.63, 3.8) is 0 Å². The summed E-state index contributed by atoms with van der Waals surface area (Å²) in [7, 11) is -3.64. The molecular weight excluding hydrogens is 360 g/mol. The summed E-state index contributed by atoms with van der Waals surface area (Å²) in [5.74, 6) is -0.000361. The Hall–Kier alpha value is -3.12. The van der Waals surface area contributed by atoms with Crippen LogP contribution < -0.4 is 10.0 Å². The van der Waals surface area contributed by atoms with Crippen LogP contribution in [0.2, 0.25) is 0 Å². The van der Waals surface area contributed by atoms with Crippen molar-refractivity contribution in [3.05, 3.63) is 83.9 Å². The number of anilines is 3. The van der Waals surface area contributed by atoms with Gasteiger partial charge in [-0.1, -0.05) is 30.3 Å². The minimum Gasteiger partial charge on any atom is -0.356 e. The molecule has 0 bridgehead atoms. The highest BCUT2D eigenvalue weighted by Gasteiger charge is 2.16. The summed E-state index contributed by atoms with van der Waals surface area (Å²) >= 11 is 0. The Morgan fingerprint density at radius 3 is 2.15 bits per heavy atom. The molecule has 0 aliphatic heterocycles. The Bertz CT molecular complexity index is 1070. The molecule has 3 aromatic rings. The molecule has 0 heterocycles. The lowest BCUT2D eigenvalue weighted by atomic mass is 10.1. The van der Waals surface area contributed by atoms with Crippen LogP contribution in [0.4, 0.5) is 17.1 Å². The monoisotopic (exact) mass is 380 g/mol. The van der Waals surface area contributed by atoms with Gasteiger partial charge in [0.2, 0.25) is 0 Å². The molecule has 0 aromatic heterocycles. The number of benzene rings is 3. The van der Waals surface area contributed by atoms with E-state index in [1.807, 2.05) is 12.1 Å². The van der Waals surface area contributed by atoms with Gasteiger partial charge in [0.15, 0.2) is 5.78 Å². The van der Waals surface area contributed by atoms with Gasteiger partial charge in [-0.25, -0.2) is 8.42 Å². The minimum atomic E-state index is -3.64. The number of carbonyl (C=O) groups is 1. The Kier molecular flexibility index (Phi) is 5.28. The lowest BCUT2D eigenvalue weighted by Crippen LogP contribution is -2.14. The van der Waals surface area contributed by atoms with E-state index < -0.39 is 10.0 Å². The maximum Gasteiger partial charge on any atom is 0.262 e. The van der Waals surface area contributed by atoms with Crippen molar-refractivity contribution in [1.82, 2.24) is 0 Å². The normalized spacial score (nSPS) is 11.0. The van der Waals surface area contributed by atoms with Gasteiger partial charge < -0.3 is 5.32 Å². The van der Waals surface area contributed by atoms with E-state index in [0.717, 1.165) is 11.4 Å². The first-order chi connectivity index (χ1) is 12.8. The molecule has 138 valence electrons. The molecule has 0 fully saturated rings. The number of rotatable bonds is 6. The highest BCUT2D eigenvalue weighted by atomic mass is 32.2. The van der Waals surface area contributed by atoms with Crippen LogP contribution in [0.25, 0.3) is 0 Å². The molecular formula is C21H20N2O3S. The highest BCUT2D eigenvalue weighted by Crippen LogP contribution is 2.23. The molecule has 3 rings (SSSR count). The zero-order valence-electron chi connectivity index (χ0n) is 15.1. The van der Waals surface area contributed by atoms with Crippen LogP contribution in [0.15, 0.2) is 77.7 Å². The average Bonchev–Trinajstić information content (AvgIpc) is 2.63. The van der Waals surface area contributed by atoms with Crippen molar-refractivity contribution in [2.24, 2.45) is 0 Å². The van der Waals surface area contributed by atoms with Gasteiger partial charge in [0.1, 0.15) is 0 Å². The Balaban J connectivity index is 1.75. The zero-order chi connectivity index (χ0) is 19.4. The van der Waals surface area contributed by atoms with Gasteiger partial charge in [-0.2, -0.15) is 0 Å². The van der Waals surface area contributed by atoms with Crippen LogP contribution in [0.1, 0.15) is 22.8 Å². The van der Waals surface area contributed by atoms with Crippen LogP contribution in [0, 0.1) is 6.92 Å². The van der Waals surface area contributed by atoms with E-state index in [0.29, 0.717) is 16.8 Å². The SMILES string of the molecule is CC(=O)c1cccc(Nc2ccc(NS(=O)(=O)c3ccccc3C)cc2)c1. The van der Waals surface area contributed by atoms with Gasteiger partial charge in [0.25, 0.3) is 10.0 Å². The molecule has 0 unspecified atom stereocenters. The Labute approximate surface area is 159 Å². The number of sulfonamides is 1. The van der Waals surface area contributed by atoms with Crippen LogP contribution >= 0.6 is 0 Å². The second-order valence-corrected chi connectivity index (χ2v) is 7.86. The number of hydrogen-bond acceptors (Lipinski definition) is 4. The summed E-state index contributed by atoms with van der Waals surface area (Å²) in [5.41, 5.74) is 3.36. The summed E-state index contributed by atoms with van der Waals surface area (Å²) in [4.78, 5) is 11.7. The van der Waals surface area contributed by atoms with Crippen molar-refractivity contribution < 1.29 is 13.2 Å². The van der Waals surface area contributed by atoms with Gasteiger partial charge in [0, 0.05) is 22.6 Å². The number of nitrogens with one attached hydrogen (secondary N) is 2. The first-order valence-corrected chi connectivity index (χ1v) is 9.90. The lowest BCUT2D eigenvalue weighted by Gasteiger charge is -2.12. The molecule has 5 nitrogen and oxygen atoms in total. The van der Waals surface area contributed by atoms with Gasteiger partial charge in [-0.15, -0.1) is 0 Å². The standard InChI is InChI=1S/C21H20N2O3S/c1-15-6-3-4-9-21(15)27(25,26)23-19-12-10-18(11-13-19)22-20-8-5-7-17(14-20)16(2)24/h3-14,22-23H,1-2H3. The predicted octanol–water partition coefficient (Wildman–Crippen LogP) is 4.74. The van der Waals surface area contributed by atoms with E-state index >= 15 is 0 Å². The van der Waals surface area contributed by atoms with E-state index in [1.54, 1.807) is 67.6 Å². The molecule has 6 heteroatoms. The Morgan fingerprint density at radius 2 is 1.48 bits per heavy atom. The molecule has 0 saturated heterocycles. The summed E-state index contributed by atoms with van der Waals surface area (Å²) in [6.07, 6.45) is 0. The second-order valence-electron chi connectivity index (χ2n) is 6.21. The van der Waals surface area contributed by atoms with Crippen molar-refractivity contribution in [2.45, 2.75) is 18.7 Å². The topological polar surface area (TPSA) is 75.3 Å². The molecule has 27 heavy (non-hydrogen) atoms. The van der Waals surface area contributed by atoms with Crippen LogP contribution in [-0.4, -0.2) is 14.2 Å². The van der Waals surface area contributed by atoms with Gasteiger partial charge in [-0.3, -0.25) is 9.52 Å². The third-order valence-corrected chi connectivity index (χ3v) is 5.62. The summed E-state index contributed by atoms with van der Waals surface area (Å²) < 4.78 is 27.7. The first-order valence-electron chi connectivity index (χ1n) is 8.42. The minimum absolute atomic E-state index is 0.000361. The average molecular weight is 380 g/mol. The van der Waals surface area contributed by atoms with Crippen LogP contribution in [0.5, 0.6) is 0 Å². The molecule has 3 aromatic carbocycles. The number of ketones is 1. The molecule has 0 radical (unpaired) electrons. The third kappa shape index (κ3) is 4.54. The fraction of sp³-hybridized carbons (Fsp3) is 0.0952. The van der Waals surface area contributed by atoms with E-state index in [4.69, 9.17) is 0 Å². The predicted molar refractivity (Wildman–Crippen MR) is 108 cm³/mol. The molecule has 0 aliphatic carbocycles. The van der Waals surface area contributed by atoms with E-state index in [-0.39, 0.29) is 10.7 Å². The fourth-order valence-electron chi connectivity index (χ4n) is 2.67. The summed E-state index contributed by atoms with van der Waals surface area (Å²) in [6.45, 7) is 3.28. The van der Waals surface area contributed by atoms with Crippen molar-refractivity contribution in [3.8, 4) is 0 Å². The second kappa shape index (κ2) is 7.63. The fourth-order valence-corrected chi connectivity index (χ4v) is 3.98. The largest absolute Gasteiger partial charge is 0.356 e. The van der Waals surface area contributed by atoms with E-state index in [1.165, 1.54) is 6.92 Å². The van der Waals surface area contributed by atoms with Gasteiger partial charge in [-0.05, 0) is 61.9 Å². The number of carbonyl (C=O) groups excluding carboxylic acids is 1. The maximum absolute atomic E-state index is 12.5. The molecule has 0 spiro atoms.